The molecule has 2 aromatic rings. The summed E-state index contributed by atoms with van der Waals surface area (Å²) in [7, 11) is 1.68. The summed E-state index contributed by atoms with van der Waals surface area (Å²) >= 11 is 2.22. The van der Waals surface area contributed by atoms with E-state index >= 15 is 0 Å². The number of halogens is 1. The SMILES string of the molecule is COc1cc2c(I)[nH]nc2cc1C. The molecule has 0 aliphatic heterocycles. The lowest BCUT2D eigenvalue weighted by molar-refractivity contribution is 0.412. The van der Waals surface area contributed by atoms with E-state index in [-0.39, 0.29) is 0 Å². The van der Waals surface area contributed by atoms with Crippen molar-refractivity contribution in [3.63, 3.8) is 0 Å². The van der Waals surface area contributed by atoms with Crippen molar-refractivity contribution in [2.45, 2.75) is 6.92 Å². The van der Waals surface area contributed by atoms with Gasteiger partial charge >= 0.3 is 0 Å². The predicted molar refractivity (Wildman–Crippen MR) is 60.1 cm³/mol. The standard InChI is InChI=1S/C9H9IN2O/c1-5-3-7-6(4-8(5)13-2)9(10)12-11-7/h3-4H,1-2H3,(H,11,12). The van der Waals surface area contributed by atoms with E-state index in [4.69, 9.17) is 4.74 Å². The maximum absolute atomic E-state index is 5.23. The largest absolute Gasteiger partial charge is 0.496 e. The molecule has 0 aliphatic rings. The Hall–Kier alpha value is -0.780. The number of hydrogen-bond donors (Lipinski definition) is 1. The Kier molecular flexibility index (Phi) is 2.15. The monoisotopic (exact) mass is 288 g/mol. The molecule has 0 radical (unpaired) electrons. The molecule has 1 aromatic heterocycles. The maximum Gasteiger partial charge on any atom is 0.122 e. The number of H-pyrrole nitrogens is 1. The van der Waals surface area contributed by atoms with Crippen LogP contribution >= 0.6 is 22.6 Å². The van der Waals surface area contributed by atoms with E-state index in [1.165, 1.54) is 0 Å². The highest BCUT2D eigenvalue weighted by atomic mass is 127. The van der Waals surface area contributed by atoms with Gasteiger partial charge in [0.25, 0.3) is 0 Å². The Morgan fingerprint density at radius 3 is 2.92 bits per heavy atom. The Balaban J connectivity index is 2.77. The molecule has 68 valence electrons. The van der Waals surface area contributed by atoms with Crippen LogP contribution in [0, 0.1) is 10.6 Å². The number of aromatic nitrogens is 2. The highest BCUT2D eigenvalue weighted by Crippen LogP contribution is 2.26. The summed E-state index contributed by atoms with van der Waals surface area (Å²) in [6, 6.07) is 4.03. The van der Waals surface area contributed by atoms with Crippen LogP contribution in [0.15, 0.2) is 12.1 Å². The quantitative estimate of drug-likeness (QED) is 0.819. The average Bonchev–Trinajstić information content (AvgIpc) is 2.46. The van der Waals surface area contributed by atoms with Crippen LogP contribution in [0.4, 0.5) is 0 Å². The topological polar surface area (TPSA) is 37.9 Å². The van der Waals surface area contributed by atoms with Crippen LogP contribution < -0.4 is 4.74 Å². The normalized spacial score (nSPS) is 10.7. The lowest BCUT2D eigenvalue weighted by Crippen LogP contribution is -1.86. The van der Waals surface area contributed by atoms with Gasteiger partial charge in [0.05, 0.1) is 12.6 Å². The number of fused-ring (bicyclic) bond motifs is 1. The minimum atomic E-state index is 0.909. The molecule has 0 saturated heterocycles. The summed E-state index contributed by atoms with van der Waals surface area (Å²) in [4.78, 5) is 0. The van der Waals surface area contributed by atoms with Crippen molar-refractivity contribution in [1.82, 2.24) is 10.2 Å². The summed E-state index contributed by atoms with van der Waals surface area (Å²) in [5, 5.41) is 8.22. The number of methoxy groups -OCH3 is 1. The lowest BCUT2D eigenvalue weighted by atomic mass is 10.1. The summed E-state index contributed by atoms with van der Waals surface area (Å²) in [5.74, 6) is 0.909. The van der Waals surface area contributed by atoms with Crippen LogP contribution in [-0.4, -0.2) is 17.3 Å². The third-order valence-electron chi connectivity index (χ3n) is 2.02. The first-order valence-corrected chi connectivity index (χ1v) is 4.98. The molecule has 0 bridgehead atoms. The van der Waals surface area contributed by atoms with Crippen molar-refractivity contribution in [2.75, 3.05) is 7.11 Å². The molecule has 1 aromatic carbocycles. The van der Waals surface area contributed by atoms with Gasteiger partial charge in [-0.2, -0.15) is 5.10 Å². The molecule has 0 fully saturated rings. The molecule has 1 N–H and O–H groups in total. The molecule has 3 nitrogen and oxygen atoms in total. The van der Waals surface area contributed by atoms with Crippen LogP contribution in [-0.2, 0) is 0 Å². The first-order valence-electron chi connectivity index (χ1n) is 3.90. The molecule has 1 heterocycles. The van der Waals surface area contributed by atoms with Gasteiger partial charge in [-0.15, -0.1) is 0 Å². The van der Waals surface area contributed by atoms with Gasteiger partial charge in [0, 0.05) is 5.39 Å². The van der Waals surface area contributed by atoms with Crippen molar-refractivity contribution in [3.05, 3.63) is 21.4 Å². The number of rotatable bonds is 1. The van der Waals surface area contributed by atoms with Gasteiger partial charge in [-0.25, -0.2) is 0 Å². The average molecular weight is 288 g/mol. The van der Waals surface area contributed by atoms with E-state index in [0.29, 0.717) is 0 Å². The van der Waals surface area contributed by atoms with E-state index in [1.54, 1.807) is 7.11 Å². The van der Waals surface area contributed by atoms with Crippen molar-refractivity contribution in [2.24, 2.45) is 0 Å². The number of hydrogen-bond acceptors (Lipinski definition) is 2. The molecule has 0 spiro atoms. The second-order valence-corrected chi connectivity index (χ2v) is 3.96. The Morgan fingerprint density at radius 1 is 1.46 bits per heavy atom. The number of ether oxygens (including phenoxy) is 1. The summed E-state index contributed by atoms with van der Waals surface area (Å²) in [6.45, 7) is 2.01. The third kappa shape index (κ3) is 1.39. The maximum atomic E-state index is 5.23. The summed E-state index contributed by atoms with van der Waals surface area (Å²) in [5.41, 5.74) is 2.10. The smallest absolute Gasteiger partial charge is 0.122 e. The zero-order chi connectivity index (χ0) is 9.42. The van der Waals surface area contributed by atoms with Crippen molar-refractivity contribution < 1.29 is 4.74 Å². The zero-order valence-electron chi connectivity index (χ0n) is 7.39. The number of nitrogens with zero attached hydrogens (tertiary/aromatic N) is 1. The molecule has 0 saturated carbocycles. The first-order chi connectivity index (χ1) is 6.22. The highest BCUT2D eigenvalue weighted by Gasteiger charge is 2.06. The summed E-state index contributed by atoms with van der Waals surface area (Å²) in [6.07, 6.45) is 0. The number of benzene rings is 1. The Morgan fingerprint density at radius 2 is 2.23 bits per heavy atom. The minimum absolute atomic E-state index is 0.909. The van der Waals surface area contributed by atoms with Gasteiger partial charge in [0.2, 0.25) is 0 Å². The number of nitrogens with one attached hydrogen (secondary N) is 1. The molecule has 0 amide bonds. The molecule has 2 rings (SSSR count). The van der Waals surface area contributed by atoms with E-state index in [9.17, 15) is 0 Å². The molecule has 0 aliphatic carbocycles. The molecule has 0 atom stereocenters. The van der Waals surface area contributed by atoms with Crippen molar-refractivity contribution >= 4 is 33.5 Å². The van der Waals surface area contributed by atoms with E-state index in [0.717, 1.165) is 25.9 Å². The predicted octanol–water partition coefficient (Wildman–Crippen LogP) is 2.48. The summed E-state index contributed by atoms with van der Waals surface area (Å²) < 4.78 is 6.28. The van der Waals surface area contributed by atoms with Crippen LogP contribution in [0.5, 0.6) is 5.75 Å². The zero-order valence-corrected chi connectivity index (χ0v) is 9.55. The number of aryl methyl sites for hydroxylation is 1. The highest BCUT2D eigenvalue weighted by molar-refractivity contribution is 14.1. The van der Waals surface area contributed by atoms with Gasteiger partial charge < -0.3 is 4.74 Å². The fourth-order valence-electron chi connectivity index (χ4n) is 1.33. The minimum Gasteiger partial charge on any atom is -0.496 e. The number of aromatic amines is 1. The fraction of sp³-hybridized carbons (Fsp3) is 0.222. The van der Waals surface area contributed by atoms with Crippen LogP contribution in [0.3, 0.4) is 0 Å². The second kappa shape index (κ2) is 3.17. The first kappa shape index (κ1) is 8.80. The van der Waals surface area contributed by atoms with E-state index < -0.39 is 0 Å². The Labute approximate surface area is 89.6 Å². The molecular formula is C9H9IN2O. The van der Waals surface area contributed by atoms with Crippen LogP contribution in [0.2, 0.25) is 0 Å². The van der Waals surface area contributed by atoms with Gasteiger partial charge in [-0.1, -0.05) is 0 Å². The third-order valence-corrected chi connectivity index (χ3v) is 2.85. The van der Waals surface area contributed by atoms with E-state index in [2.05, 4.69) is 32.8 Å². The molecular weight excluding hydrogens is 279 g/mol. The van der Waals surface area contributed by atoms with Crippen LogP contribution in [0.1, 0.15) is 5.56 Å². The van der Waals surface area contributed by atoms with Crippen molar-refractivity contribution in [3.8, 4) is 5.75 Å². The van der Waals surface area contributed by atoms with Gasteiger partial charge in [0.15, 0.2) is 0 Å². The lowest BCUT2D eigenvalue weighted by Gasteiger charge is -2.03. The molecule has 13 heavy (non-hydrogen) atoms. The molecule has 4 heteroatoms. The van der Waals surface area contributed by atoms with Gasteiger partial charge in [0.1, 0.15) is 9.45 Å². The second-order valence-electron chi connectivity index (χ2n) is 2.88. The van der Waals surface area contributed by atoms with Crippen LogP contribution in [0.25, 0.3) is 10.9 Å². The molecule has 0 unspecified atom stereocenters. The van der Waals surface area contributed by atoms with Gasteiger partial charge in [-0.05, 0) is 47.2 Å². The Bertz CT molecular complexity index is 450. The fourth-order valence-corrected chi connectivity index (χ4v) is 1.88. The van der Waals surface area contributed by atoms with Gasteiger partial charge in [-0.3, -0.25) is 5.10 Å². The van der Waals surface area contributed by atoms with E-state index in [1.807, 2.05) is 19.1 Å². The van der Waals surface area contributed by atoms with Crippen molar-refractivity contribution in [1.29, 1.82) is 0 Å².